The van der Waals surface area contributed by atoms with E-state index >= 15 is 0 Å². The number of hydrogen-bond acceptors (Lipinski definition) is 4. The summed E-state index contributed by atoms with van der Waals surface area (Å²) in [6.07, 6.45) is 5.82. The van der Waals surface area contributed by atoms with Crippen molar-refractivity contribution < 1.29 is 14.3 Å². The molecule has 0 saturated heterocycles. The molecule has 1 aliphatic rings. The lowest BCUT2D eigenvalue weighted by atomic mass is 10.1. The number of nitrogens with one attached hydrogen (secondary N) is 1. The maximum absolute atomic E-state index is 11.9. The molecule has 22 heavy (non-hydrogen) atoms. The first-order valence-corrected chi connectivity index (χ1v) is 7.97. The number of nitrogens with zero attached hydrogens (tertiary/aromatic N) is 1. The standard InChI is InChI=1S/C17H24N2O3/c1-3-21-15-10-9-14(16(11-15)22-4-2)12-18-19-17(20)13-7-5-6-8-13/h9-13H,3-8H2,1-2H3,(H,19,20). The SMILES string of the molecule is CCOc1ccc(C=NNC(=O)C2CCCC2)c(OCC)c1. The first kappa shape index (κ1) is 16.3. The lowest BCUT2D eigenvalue weighted by Gasteiger charge is -2.10. The third-order valence-electron chi connectivity index (χ3n) is 3.70. The fourth-order valence-electron chi connectivity index (χ4n) is 2.60. The van der Waals surface area contributed by atoms with Crippen molar-refractivity contribution in [1.29, 1.82) is 0 Å². The summed E-state index contributed by atoms with van der Waals surface area (Å²) < 4.78 is 11.1. The molecule has 0 spiro atoms. The molecule has 5 nitrogen and oxygen atoms in total. The summed E-state index contributed by atoms with van der Waals surface area (Å²) in [4.78, 5) is 11.9. The van der Waals surface area contributed by atoms with Crippen LogP contribution in [0.25, 0.3) is 0 Å². The van der Waals surface area contributed by atoms with E-state index in [0.717, 1.165) is 37.0 Å². The highest BCUT2D eigenvalue weighted by Gasteiger charge is 2.22. The zero-order valence-electron chi connectivity index (χ0n) is 13.3. The minimum atomic E-state index is 0.0117. The first-order valence-electron chi connectivity index (χ1n) is 7.97. The van der Waals surface area contributed by atoms with Crippen LogP contribution >= 0.6 is 0 Å². The lowest BCUT2D eigenvalue weighted by molar-refractivity contribution is -0.124. The Hall–Kier alpha value is -2.04. The minimum Gasteiger partial charge on any atom is -0.494 e. The van der Waals surface area contributed by atoms with Crippen molar-refractivity contribution in [3.63, 3.8) is 0 Å². The fourth-order valence-corrected chi connectivity index (χ4v) is 2.60. The molecule has 0 radical (unpaired) electrons. The highest BCUT2D eigenvalue weighted by molar-refractivity contribution is 5.86. The Bertz CT molecular complexity index is 523. The third-order valence-corrected chi connectivity index (χ3v) is 3.70. The molecule has 1 N–H and O–H groups in total. The Morgan fingerprint density at radius 3 is 2.68 bits per heavy atom. The summed E-state index contributed by atoms with van der Waals surface area (Å²) in [7, 11) is 0. The van der Waals surface area contributed by atoms with Gasteiger partial charge in [-0.3, -0.25) is 4.79 Å². The Kier molecular flexibility index (Phi) is 6.25. The van der Waals surface area contributed by atoms with Gasteiger partial charge in [0.15, 0.2) is 0 Å². The average molecular weight is 304 g/mol. The molecule has 0 heterocycles. The third kappa shape index (κ3) is 4.48. The molecule has 1 aliphatic carbocycles. The molecule has 120 valence electrons. The van der Waals surface area contributed by atoms with Crippen LogP contribution in [0.2, 0.25) is 0 Å². The largest absolute Gasteiger partial charge is 0.494 e. The summed E-state index contributed by atoms with van der Waals surface area (Å²) >= 11 is 0. The zero-order valence-corrected chi connectivity index (χ0v) is 13.3. The fraction of sp³-hybridized carbons (Fsp3) is 0.529. The number of carbonyl (C=O) groups excluding carboxylic acids is 1. The summed E-state index contributed by atoms with van der Waals surface area (Å²) in [6, 6.07) is 5.58. The molecule has 0 aromatic heterocycles. The van der Waals surface area contributed by atoms with E-state index in [9.17, 15) is 4.79 Å². The number of hydrogen-bond donors (Lipinski definition) is 1. The van der Waals surface area contributed by atoms with Gasteiger partial charge in [-0.2, -0.15) is 5.10 Å². The van der Waals surface area contributed by atoms with Crippen LogP contribution in [0.5, 0.6) is 11.5 Å². The molecule has 5 heteroatoms. The number of hydrazone groups is 1. The van der Waals surface area contributed by atoms with E-state index in [4.69, 9.17) is 9.47 Å². The zero-order chi connectivity index (χ0) is 15.8. The predicted molar refractivity (Wildman–Crippen MR) is 86.5 cm³/mol. The van der Waals surface area contributed by atoms with Crippen molar-refractivity contribution in [2.75, 3.05) is 13.2 Å². The number of ether oxygens (including phenoxy) is 2. The van der Waals surface area contributed by atoms with E-state index in [-0.39, 0.29) is 11.8 Å². The lowest BCUT2D eigenvalue weighted by Crippen LogP contribution is -2.24. The van der Waals surface area contributed by atoms with E-state index in [1.165, 1.54) is 0 Å². The summed E-state index contributed by atoms with van der Waals surface area (Å²) in [5.41, 5.74) is 3.44. The van der Waals surface area contributed by atoms with Crippen LogP contribution in [-0.4, -0.2) is 25.3 Å². The average Bonchev–Trinajstić information content (AvgIpc) is 3.04. The molecule has 0 aliphatic heterocycles. The van der Waals surface area contributed by atoms with Crippen LogP contribution in [0.3, 0.4) is 0 Å². The second kappa shape index (κ2) is 8.41. The Morgan fingerprint density at radius 2 is 2.00 bits per heavy atom. The van der Waals surface area contributed by atoms with Gasteiger partial charge >= 0.3 is 0 Å². The second-order valence-electron chi connectivity index (χ2n) is 5.28. The number of amides is 1. The number of carbonyl (C=O) groups is 1. The molecule has 0 atom stereocenters. The van der Waals surface area contributed by atoms with Crippen molar-refractivity contribution in [2.24, 2.45) is 11.0 Å². The van der Waals surface area contributed by atoms with Gasteiger partial charge in [-0.1, -0.05) is 12.8 Å². The van der Waals surface area contributed by atoms with E-state index in [0.29, 0.717) is 19.0 Å². The van der Waals surface area contributed by atoms with Gasteiger partial charge in [0, 0.05) is 17.5 Å². The van der Waals surface area contributed by atoms with E-state index < -0.39 is 0 Å². The van der Waals surface area contributed by atoms with Crippen molar-refractivity contribution >= 4 is 12.1 Å². The van der Waals surface area contributed by atoms with Crippen LogP contribution in [0, 0.1) is 5.92 Å². The van der Waals surface area contributed by atoms with Gasteiger partial charge in [0.1, 0.15) is 11.5 Å². The summed E-state index contributed by atoms with van der Waals surface area (Å²) in [6.45, 7) is 5.03. The van der Waals surface area contributed by atoms with E-state index in [1.807, 2.05) is 32.0 Å². The Morgan fingerprint density at radius 1 is 1.27 bits per heavy atom. The van der Waals surface area contributed by atoms with Crippen LogP contribution in [0.1, 0.15) is 45.1 Å². The Labute approximate surface area is 131 Å². The molecule has 1 fully saturated rings. The molecule has 2 rings (SSSR count). The molecule has 1 aromatic rings. The topological polar surface area (TPSA) is 59.9 Å². The molecular formula is C17H24N2O3. The smallest absolute Gasteiger partial charge is 0.243 e. The van der Waals surface area contributed by atoms with Gasteiger partial charge in [0.25, 0.3) is 0 Å². The predicted octanol–water partition coefficient (Wildman–Crippen LogP) is 3.12. The van der Waals surface area contributed by atoms with Crippen LogP contribution in [0.15, 0.2) is 23.3 Å². The maximum Gasteiger partial charge on any atom is 0.243 e. The van der Waals surface area contributed by atoms with Gasteiger partial charge in [0.05, 0.1) is 19.4 Å². The number of benzene rings is 1. The van der Waals surface area contributed by atoms with E-state index in [2.05, 4.69) is 10.5 Å². The van der Waals surface area contributed by atoms with Gasteiger partial charge < -0.3 is 9.47 Å². The van der Waals surface area contributed by atoms with Crippen LogP contribution in [-0.2, 0) is 4.79 Å². The highest BCUT2D eigenvalue weighted by atomic mass is 16.5. The van der Waals surface area contributed by atoms with Crippen LogP contribution < -0.4 is 14.9 Å². The monoisotopic (exact) mass is 304 g/mol. The van der Waals surface area contributed by atoms with Gasteiger partial charge in [0.2, 0.25) is 5.91 Å². The Balaban J connectivity index is 2.00. The molecule has 0 unspecified atom stereocenters. The molecule has 1 saturated carbocycles. The first-order chi connectivity index (χ1) is 10.7. The van der Waals surface area contributed by atoms with Crippen molar-refractivity contribution in [1.82, 2.24) is 5.43 Å². The van der Waals surface area contributed by atoms with Crippen molar-refractivity contribution in [3.8, 4) is 11.5 Å². The quantitative estimate of drug-likeness (QED) is 0.622. The van der Waals surface area contributed by atoms with Gasteiger partial charge in [-0.25, -0.2) is 5.43 Å². The van der Waals surface area contributed by atoms with Gasteiger partial charge in [-0.05, 0) is 38.8 Å². The second-order valence-corrected chi connectivity index (χ2v) is 5.28. The van der Waals surface area contributed by atoms with Crippen molar-refractivity contribution in [3.05, 3.63) is 23.8 Å². The highest BCUT2D eigenvalue weighted by Crippen LogP contribution is 2.25. The molecular weight excluding hydrogens is 280 g/mol. The molecule has 1 aromatic carbocycles. The van der Waals surface area contributed by atoms with E-state index in [1.54, 1.807) is 6.21 Å². The normalized spacial score (nSPS) is 15.2. The minimum absolute atomic E-state index is 0.0117. The van der Waals surface area contributed by atoms with Crippen LogP contribution in [0.4, 0.5) is 0 Å². The number of rotatable bonds is 7. The van der Waals surface area contributed by atoms with Gasteiger partial charge in [-0.15, -0.1) is 0 Å². The van der Waals surface area contributed by atoms with Crippen molar-refractivity contribution in [2.45, 2.75) is 39.5 Å². The summed E-state index contributed by atoms with van der Waals surface area (Å²) in [5.74, 6) is 1.59. The maximum atomic E-state index is 11.9. The summed E-state index contributed by atoms with van der Waals surface area (Å²) in [5, 5.41) is 4.06. The molecule has 1 amide bonds. The molecule has 0 bridgehead atoms.